The second-order valence-electron chi connectivity index (χ2n) is 7.33. The van der Waals surface area contributed by atoms with Gasteiger partial charge in [0, 0.05) is 11.8 Å². The highest BCUT2D eigenvalue weighted by Gasteiger charge is 2.40. The van der Waals surface area contributed by atoms with Crippen molar-refractivity contribution in [2.75, 3.05) is 5.32 Å². The smallest absolute Gasteiger partial charge is 0.435 e. The molecule has 3 rings (SSSR count). The van der Waals surface area contributed by atoms with Crippen LogP contribution in [0, 0.1) is 0 Å². The summed E-state index contributed by atoms with van der Waals surface area (Å²) in [5.74, 6) is -1.03. The van der Waals surface area contributed by atoms with Crippen LogP contribution in [-0.4, -0.2) is 21.0 Å². The van der Waals surface area contributed by atoms with Crippen LogP contribution in [0.15, 0.2) is 42.6 Å². The number of pyridine rings is 1. The number of anilines is 2. The molecule has 0 aliphatic carbocycles. The predicted octanol–water partition coefficient (Wildman–Crippen LogP) is 6.09. The Balaban J connectivity index is 1.96. The summed E-state index contributed by atoms with van der Waals surface area (Å²) in [5, 5.41) is 11.5. The van der Waals surface area contributed by atoms with Gasteiger partial charge in [0.05, 0.1) is 0 Å². The molecule has 2 heterocycles. The van der Waals surface area contributed by atoms with Gasteiger partial charge in [0.1, 0.15) is 16.3 Å². The minimum absolute atomic E-state index is 0.120. The number of benzene rings is 1. The summed E-state index contributed by atoms with van der Waals surface area (Å²) in [6.45, 7) is 6.07. The SMILES string of the molecule is CC(C)(C)c1ccccc1Oc1ncccc1Nc1nc(C(F)(F)F)c(C(=O)O)s1. The zero-order chi connectivity index (χ0) is 22.1. The molecule has 0 radical (unpaired) electrons. The van der Waals surface area contributed by atoms with Gasteiger partial charge in [-0.3, -0.25) is 0 Å². The van der Waals surface area contributed by atoms with Gasteiger partial charge in [-0.25, -0.2) is 14.8 Å². The first-order chi connectivity index (χ1) is 14.0. The Labute approximate surface area is 174 Å². The van der Waals surface area contributed by atoms with E-state index in [4.69, 9.17) is 9.84 Å². The molecule has 0 bridgehead atoms. The molecule has 0 fully saturated rings. The molecule has 1 aromatic carbocycles. The minimum Gasteiger partial charge on any atom is -0.477 e. The van der Waals surface area contributed by atoms with Crippen LogP contribution >= 0.6 is 11.3 Å². The summed E-state index contributed by atoms with van der Waals surface area (Å²) in [6.07, 6.45) is -3.41. The maximum absolute atomic E-state index is 13.1. The number of aromatic nitrogens is 2. The summed E-state index contributed by atoms with van der Waals surface area (Å²) in [4.78, 5) is 17.9. The van der Waals surface area contributed by atoms with E-state index in [2.05, 4.69) is 15.3 Å². The van der Waals surface area contributed by atoms with Gasteiger partial charge in [-0.1, -0.05) is 50.3 Å². The third kappa shape index (κ3) is 4.70. The number of alkyl halides is 3. The third-order valence-corrected chi connectivity index (χ3v) is 4.96. The third-order valence-electron chi connectivity index (χ3n) is 4.00. The van der Waals surface area contributed by atoms with Crippen LogP contribution in [0.1, 0.15) is 41.7 Å². The first kappa shape index (κ1) is 21.6. The topological polar surface area (TPSA) is 84.3 Å². The normalized spacial score (nSPS) is 11.9. The fourth-order valence-electron chi connectivity index (χ4n) is 2.67. The number of rotatable bonds is 5. The van der Waals surface area contributed by atoms with Crippen molar-refractivity contribution in [3.8, 4) is 11.6 Å². The monoisotopic (exact) mass is 437 g/mol. The molecule has 0 aliphatic heterocycles. The fraction of sp³-hybridized carbons (Fsp3) is 0.250. The summed E-state index contributed by atoms with van der Waals surface area (Å²) >= 11 is 0.387. The lowest BCUT2D eigenvalue weighted by Crippen LogP contribution is -2.12. The fourth-order valence-corrected chi connectivity index (χ4v) is 3.51. The second-order valence-corrected chi connectivity index (χ2v) is 8.33. The Morgan fingerprint density at radius 1 is 1.13 bits per heavy atom. The van der Waals surface area contributed by atoms with E-state index in [1.807, 2.05) is 32.9 Å². The van der Waals surface area contributed by atoms with Gasteiger partial charge < -0.3 is 15.2 Å². The molecule has 10 heteroatoms. The molecule has 0 atom stereocenters. The number of hydrogen-bond donors (Lipinski definition) is 2. The molecular formula is C20H18F3N3O3S. The average Bonchev–Trinajstić information content (AvgIpc) is 3.08. The van der Waals surface area contributed by atoms with Gasteiger partial charge >= 0.3 is 12.1 Å². The highest BCUT2D eigenvalue weighted by molar-refractivity contribution is 7.17. The number of carbonyl (C=O) groups is 1. The quantitative estimate of drug-likeness (QED) is 0.503. The van der Waals surface area contributed by atoms with Crippen LogP contribution in [0.4, 0.5) is 24.0 Å². The van der Waals surface area contributed by atoms with Crippen molar-refractivity contribution < 1.29 is 27.8 Å². The first-order valence-corrected chi connectivity index (χ1v) is 9.59. The predicted molar refractivity (Wildman–Crippen MR) is 107 cm³/mol. The van der Waals surface area contributed by atoms with E-state index in [-0.39, 0.29) is 22.1 Å². The Hall–Kier alpha value is -3.14. The summed E-state index contributed by atoms with van der Waals surface area (Å²) < 4.78 is 45.3. The average molecular weight is 437 g/mol. The molecule has 2 N–H and O–H groups in total. The van der Waals surface area contributed by atoms with Gasteiger partial charge in [-0.2, -0.15) is 13.2 Å². The van der Waals surface area contributed by atoms with Crippen LogP contribution in [-0.2, 0) is 11.6 Å². The molecular weight excluding hydrogens is 419 g/mol. The summed E-state index contributed by atoms with van der Waals surface area (Å²) in [7, 11) is 0. The van der Waals surface area contributed by atoms with Crippen molar-refractivity contribution in [2.24, 2.45) is 0 Å². The van der Waals surface area contributed by atoms with Crippen molar-refractivity contribution in [2.45, 2.75) is 32.4 Å². The van der Waals surface area contributed by atoms with Crippen LogP contribution < -0.4 is 10.1 Å². The van der Waals surface area contributed by atoms with E-state index >= 15 is 0 Å². The number of nitrogens with one attached hydrogen (secondary N) is 1. The molecule has 0 spiro atoms. The van der Waals surface area contributed by atoms with E-state index in [1.54, 1.807) is 24.3 Å². The largest absolute Gasteiger partial charge is 0.477 e. The summed E-state index contributed by atoms with van der Waals surface area (Å²) in [5.41, 5.74) is -0.498. The lowest BCUT2D eigenvalue weighted by Gasteiger charge is -2.22. The Morgan fingerprint density at radius 3 is 2.43 bits per heavy atom. The number of halogens is 3. The van der Waals surface area contributed by atoms with Crippen molar-refractivity contribution in [3.63, 3.8) is 0 Å². The lowest BCUT2D eigenvalue weighted by molar-refractivity contribution is -0.141. The van der Waals surface area contributed by atoms with Gasteiger partial charge in [0.25, 0.3) is 0 Å². The second kappa shape index (κ2) is 7.94. The minimum atomic E-state index is -4.88. The first-order valence-electron chi connectivity index (χ1n) is 8.77. The number of nitrogens with zero attached hydrogens (tertiary/aromatic N) is 2. The zero-order valence-electron chi connectivity index (χ0n) is 16.2. The molecule has 0 amide bonds. The lowest BCUT2D eigenvalue weighted by atomic mass is 9.86. The van der Waals surface area contributed by atoms with E-state index in [0.717, 1.165) is 5.56 Å². The van der Waals surface area contributed by atoms with Gasteiger partial charge in [0.15, 0.2) is 10.8 Å². The van der Waals surface area contributed by atoms with Crippen LogP contribution in [0.2, 0.25) is 0 Å². The van der Waals surface area contributed by atoms with Crippen molar-refractivity contribution in [1.29, 1.82) is 0 Å². The van der Waals surface area contributed by atoms with E-state index < -0.39 is 22.7 Å². The number of carboxylic acid groups (broad SMARTS) is 1. The molecule has 0 aliphatic rings. The van der Waals surface area contributed by atoms with Crippen molar-refractivity contribution in [3.05, 3.63) is 58.7 Å². The van der Waals surface area contributed by atoms with Crippen molar-refractivity contribution in [1.82, 2.24) is 9.97 Å². The number of aromatic carboxylic acids is 1. The van der Waals surface area contributed by atoms with Gasteiger partial charge in [-0.05, 0) is 23.6 Å². The van der Waals surface area contributed by atoms with Gasteiger partial charge in [-0.15, -0.1) is 0 Å². The number of ether oxygens (including phenoxy) is 1. The maximum Gasteiger partial charge on any atom is 0.435 e. The molecule has 2 aromatic heterocycles. The van der Waals surface area contributed by atoms with E-state index in [0.29, 0.717) is 17.1 Å². The molecule has 158 valence electrons. The number of thiazole rings is 1. The number of para-hydroxylation sites is 1. The highest BCUT2D eigenvalue weighted by atomic mass is 32.1. The van der Waals surface area contributed by atoms with E-state index in [1.165, 1.54) is 6.20 Å². The maximum atomic E-state index is 13.1. The molecule has 0 saturated heterocycles. The molecule has 6 nitrogen and oxygen atoms in total. The standard InChI is InChI=1S/C20H18F3N3O3S/c1-19(2,3)11-7-4-5-9-13(11)29-16-12(8-6-10-24-16)25-18-26-15(20(21,22)23)14(30-18)17(27)28/h4-10H,1-3H3,(H,25,26)(H,27,28). The van der Waals surface area contributed by atoms with Crippen LogP contribution in [0.3, 0.4) is 0 Å². The van der Waals surface area contributed by atoms with Crippen LogP contribution in [0.25, 0.3) is 0 Å². The molecule has 0 saturated carbocycles. The Bertz CT molecular complexity index is 1070. The van der Waals surface area contributed by atoms with Crippen molar-refractivity contribution >= 4 is 28.1 Å². The number of hydrogen-bond acceptors (Lipinski definition) is 6. The highest BCUT2D eigenvalue weighted by Crippen LogP contribution is 2.39. The molecule has 0 unspecified atom stereocenters. The Kier molecular flexibility index (Phi) is 5.71. The Morgan fingerprint density at radius 2 is 1.83 bits per heavy atom. The summed E-state index contributed by atoms with van der Waals surface area (Å²) in [6, 6.07) is 10.5. The zero-order valence-corrected chi connectivity index (χ0v) is 17.1. The van der Waals surface area contributed by atoms with E-state index in [9.17, 15) is 18.0 Å². The van der Waals surface area contributed by atoms with Crippen LogP contribution in [0.5, 0.6) is 11.6 Å². The molecule has 3 aromatic rings. The van der Waals surface area contributed by atoms with Gasteiger partial charge in [0.2, 0.25) is 5.88 Å². The number of carboxylic acids is 1. The molecule has 30 heavy (non-hydrogen) atoms.